The molecule has 2 aromatic carbocycles. The number of allylic oxidation sites excluding steroid dienone is 1. The summed E-state index contributed by atoms with van der Waals surface area (Å²) in [5.41, 5.74) is 3.37. The Hall–Kier alpha value is -3.39. The van der Waals surface area contributed by atoms with E-state index in [9.17, 15) is 9.59 Å². The van der Waals surface area contributed by atoms with Crippen LogP contribution < -0.4 is 4.74 Å². The molecule has 4 rings (SSSR count). The second-order valence-corrected chi connectivity index (χ2v) is 8.12. The van der Waals surface area contributed by atoms with Gasteiger partial charge in [-0.3, -0.25) is 9.69 Å². The van der Waals surface area contributed by atoms with Gasteiger partial charge in [-0.1, -0.05) is 48.6 Å². The van der Waals surface area contributed by atoms with E-state index in [0.29, 0.717) is 23.6 Å². The molecule has 1 fully saturated rings. The van der Waals surface area contributed by atoms with Crippen molar-refractivity contribution in [1.82, 2.24) is 9.47 Å². The average Bonchev–Trinajstić information content (AvgIpc) is 3.32. The molecule has 0 bridgehead atoms. The van der Waals surface area contributed by atoms with Crippen LogP contribution >= 0.6 is 12.4 Å². The van der Waals surface area contributed by atoms with Gasteiger partial charge in [-0.15, -0.1) is 12.4 Å². The maximum absolute atomic E-state index is 13.1. The second kappa shape index (κ2) is 12.9. The number of carboxylic acids is 1. The van der Waals surface area contributed by atoms with Crippen molar-refractivity contribution >= 4 is 30.2 Å². The minimum atomic E-state index is -1.02. The van der Waals surface area contributed by atoms with Crippen LogP contribution in [0.15, 0.2) is 72.9 Å². The number of carbonyl (C=O) groups is 2. The Morgan fingerprint density at radius 3 is 2.54 bits per heavy atom. The van der Waals surface area contributed by atoms with Gasteiger partial charge in [-0.05, 0) is 35.4 Å². The first kappa shape index (κ1) is 26.2. The van der Waals surface area contributed by atoms with Crippen molar-refractivity contribution in [3.05, 3.63) is 95.3 Å². The van der Waals surface area contributed by atoms with Gasteiger partial charge in [0.2, 0.25) is 5.78 Å². The Labute approximate surface area is 211 Å². The molecule has 1 aliphatic rings. The average molecular weight is 497 g/mol. The monoisotopic (exact) mass is 496 g/mol. The molecule has 7 nitrogen and oxygen atoms in total. The first-order chi connectivity index (χ1) is 16.6. The predicted molar refractivity (Wildman–Crippen MR) is 136 cm³/mol. The minimum Gasteiger partial charge on any atom is -0.482 e. The topological polar surface area (TPSA) is 81.0 Å². The lowest BCUT2D eigenvalue weighted by molar-refractivity contribution is -0.139. The Morgan fingerprint density at radius 1 is 1.03 bits per heavy atom. The number of morpholine rings is 1. The van der Waals surface area contributed by atoms with Crippen molar-refractivity contribution < 1.29 is 24.2 Å². The Morgan fingerprint density at radius 2 is 1.80 bits per heavy atom. The molecule has 2 heterocycles. The molecule has 0 spiro atoms. The van der Waals surface area contributed by atoms with Gasteiger partial charge in [0.15, 0.2) is 6.61 Å². The molecule has 0 unspecified atom stereocenters. The number of carbonyl (C=O) groups excluding carboxylic acids is 1. The predicted octanol–water partition coefficient (Wildman–Crippen LogP) is 4.15. The smallest absolute Gasteiger partial charge is 0.341 e. The third kappa shape index (κ3) is 7.55. The van der Waals surface area contributed by atoms with Crippen molar-refractivity contribution in [2.75, 3.05) is 32.9 Å². The molecule has 1 saturated heterocycles. The van der Waals surface area contributed by atoms with Gasteiger partial charge in [-0.25, -0.2) is 4.79 Å². The summed E-state index contributed by atoms with van der Waals surface area (Å²) in [7, 11) is 0. The normalized spacial score (nSPS) is 13.9. The van der Waals surface area contributed by atoms with Crippen LogP contribution in [0.5, 0.6) is 5.75 Å². The largest absolute Gasteiger partial charge is 0.482 e. The van der Waals surface area contributed by atoms with E-state index in [0.717, 1.165) is 38.4 Å². The minimum absolute atomic E-state index is 0. The van der Waals surface area contributed by atoms with Gasteiger partial charge in [0.05, 0.1) is 18.9 Å². The summed E-state index contributed by atoms with van der Waals surface area (Å²) in [4.78, 5) is 26.1. The van der Waals surface area contributed by atoms with Gasteiger partial charge in [0, 0.05) is 37.9 Å². The van der Waals surface area contributed by atoms with Crippen molar-refractivity contribution in [3.8, 4) is 5.75 Å². The zero-order valence-corrected chi connectivity index (χ0v) is 20.2. The van der Waals surface area contributed by atoms with Crippen molar-refractivity contribution in [3.63, 3.8) is 0 Å². The zero-order valence-electron chi connectivity index (χ0n) is 19.3. The van der Waals surface area contributed by atoms with Crippen LogP contribution in [0.3, 0.4) is 0 Å². The molecule has 3 aromatic rings. The van der Waals surface area contributed by atoms with E-state index in [-0.39, 0.29) is 24.8 Å². The van der Waals surface area contributed by atoms with Gasteiger partial charge < -0.3 is 19.1 Å². The van der Waals surface area contributed by atoms with Gasteiger partial charge in [0.1, 0.15) is 5.75 Å². The number of nitrogens with zero attached hydrogens (tertiary/aromatic N) is 2. The number of ether oxygens (including phenoxy) is 2. The van der Waals surface area contributed by atoms with Crippen molar-refractivity contribution in [2.45, 2.75) is 13.1 Å². The molecule has 0 saturated carbocycles. The molecule has 0 aliphatic carbocycles. The summed E-state index contributed by atoms with van der Waals surface area (Å²) in [6, 6.07) is 18.8. The number of ketones is 1. The van der Waals surface area contributed by atoms with Crippen LogP contribution in [0.25, 0.3) is 6.08 Å². The lowest BCUT2D eigenvalue weighted by Gasteiger charge is -2.26. The number of carboxylic acid groups (broad SMARTS) is 1. The molecule has 184 valence electrons. The van der Waals surface area contributed by atoms with Crippen LogP contribution in [-0.4, -0.2) is 59.2 Å². The lowest BCUT2D eigenvalue weighted by atomic mass is 10.1. The maximum Gasteiger partial charge on any atom is 0.341 e. The highest BCUT2D eigenvalue weighted by Crippen LogP contribution is 2.16. The van der Waals surface area contributed by atoms with E-state index >= 15 is 0 Å². The molecule has 0 radical (unpaired) electrons. The number of rotatable bonds is 10. The molecule has 0 atom stereocenters. The summed E-state index contributed by atoms with van der Waals surface area (Å²) in [6.07, 6.45) is 5.76. The van der Waals surface area contributed by atoms with E-state index < -0.39 is 5.97 Å². The van der Waals surface area contributed by atoms with E-state index in [1.54, 1.807) is 12.1 Å². The third-order valence-corrected chi connectivity index (χ3v) is 5.62. The highest BCUT2D eigenvalue weighted by Gasteiger charge is 2.14. The molecule has 35 heavy (non-hydrogen) atoms. The number of halogens is 1. The van der Waals surface area contributed by atoms with Gasteiger partial charge >= 0.3 is 5.97 Å². The third-order valence-electron chi connectivity index (χ3n) is 5.62. The van der Waals surface area contributed by atoms with Crippen LogP contribution in [0, 0.1) is 0 Å². The summed E-state index contributed by atoms with van der Waals surface area (Å²) in [6.45, 7) is 4.42. The van der Waals surface area contributed by atoms with E-state index in [2.05, 4.69) is 4.90 Å². The highest BCUT2D eigenvalue weighted by atomic mass is 35.5. The molecule has 1 N–H and O–H groups in total. The molecule has 1 aromatic heterocycles. The number of benzene rings is 2. The van der Waals surface area contributed by atoms with E-state index in [1.165, 1.54) is 5.56 Å². The number of aromatic nitrogens is 1. The maximum atomic E-state index is 13.1. The Kier molecular flexibility index (Phi) is 9.66. The molecule has 0 amide bonds. The molecule has 8 heteroatoms. The zero-order chi connectivity index (χ0) is 23.8. The van der Waals surface area contributed by atoms with Crippen LogP contribution in [0.4, 0.5) is 0 Å². The standard InChI is InChI=1S/C27H28N2O5.ClH/c30-26(31)20-34-24-6-1-4-21(18-24)5-2-12-29-13-3-7-25(29)27(32)23-10-8-22(9-11-23)19-28-14-16-33-17-15-28;/h1-11,13,18H,12,14-17,19-20H2,(H,30,31);1H/b5-2+;. The van der Waals surface area contributed by atoms with Gasteiger partial charge in [-0.2, -0.15) is 0 Å². The summed E-state index contributed by atoms with van der Waals surface area (Å²) in [5, 5.41) is 8.75. The van der Waals surface area contributed by atoms with Crippen LogP contribution in [0.1, 0.15) is 27.2 Å². The van der Waals surface area contributed by atoms with Crippen molar-refractivity contribution in [1.29, 1.82) is 0 Å². The second-order valence-electron chi connectivity index (χ2n) is 8.12. The summed E-state index contributed by atoms with van der Waals surface area (Å²) < 4.78 is 12.5. The highest BCUT2D eigenvalue weighted by molar-refractivity contribution is 6.08. The van der Waals surface area contributed by atoms with Gasteiger partial charge in [0.25, 0.3) is 0 Å². The number of aliphatic carboxylic acids is 1. The van der Waals surface area contributed by atoms with E-state index in [1.807, 2.05) is 71.4 Å². The Balaban J connectivity index is 0.00000342. The number of hydrogen-bond acceptors (Lipinski definition) is 5. The SMILES string of the molecule is Cl.O=C(O)COc1cccc(/C=C/Cn2cccc2C(=O)c2ccc(CN3CCOCC3)cc2)c1. The fraction of sp³-hybridized carbons (Fsp3) is 0.259. The fourth-order valence-corrected chi connectivity index (χ4v) is 3.86. The molecule has 1 aliphatic heterocycles. The molecular formula is C27H29ClN2O5. The Bertz CT molecular complexity index is 1150. The first-order valence-electron chi connectivity index (χ1n) is 11.3. The molecular weight excluding hydrogens is 468 g/mol. The summed E-state index contributed by atoms with van der Waals surface area (Å²) >= 11 is 0. The van der Waals surface area contributed by atoms with Crippen LogP contribution in [0.2, 0.25) is 0 Å². The van der Waals surface area contributed by atoms with Crippen molar-refractivity contribution in [2.24, 2.45) is 0 Å². The first-order valence-corrected chi connectivity index (χ1v) is 11.3. The van der Waals surface area contributed by atoms with E-state index in [4.69, 9.17) is 14.6 Å². The quantitative estimate of drug-likeness (QED) is 0.425. The number of hydrogen-bond donors (Lipinski definition) is 1. The lowest BCUT2D eigenvalue weighted by Crippen LogP contribution is -2.35. The fourth-order valence-electron chi connectivity index (χ4n) is 3.86. The summed E-state index contributed by atoms with van der Waals surface area (Å²) in [5.74, 6) is -0.531. The van der Waals surface area contributed by atoms with Crippen LogP contribution in [-0.2, 0) is 22.6 Å².